The Morgan fingerprint density at radius 2 is 1.77 bits per heavy atom. The minimum Gasteiger partial charge on any atom is -0.333 e. The third-order valence-electron chi connectivity index (χ3n) is 5.58. The molecule has 2 aromatic rings. The maximum absolute atomic E-state index is 12.7. The molecule has 0 aromatic heterocycles. The highest BCUT2D eigenvalue weighted by Gasteiger charge is 2.38. The number of para-hydroxylation sites is 1. The Kier molecular flexibility index (Phi) is 4.37. The molecule has 3 amide bonds. The first-order chi connectivity index (χ1) is 12.6. The highest BCUT2D eigenvalue weighted by Crippen LogP contribution is 2.36. The maximum atomic E-state index is 12.7. The summed E-state index contributed by atoms with van der Waals surface area (Å²) in [5.41, 5.74) is 3.75. The van der Waals surface area contributed by atoms with Crippen molar-refractivity contribution in [3.63, 3.8) is 0 Å². The summed E-state index contributed by atoms with van der Waals surface area (Å²) in [6.07, 6.45) is 2.90. The fraction of sp³-hybridized carbons (Fsp3) is 0.333. The van der Waals surface area contributed by atoms with E-state index in [0.29, 0.717) is 11.5 Å². The van der Waals surface area contributed by atoms with Gasteiger partial charge in [-0.05, 0) is 61.4 Å². The van der Waals surface area contributed by atoms with Crippen molar-refractivity contribution in [1.82, 2.24) is 10.6 Å². The monoisotopic (exact) mass is 349 g/mol. The largest absolute Gasteiger partial charge is 0.333 e. The Labute approximate surface area is 153 Å². The van der Waals surface area contributed by atoms with Gasteiger partial charge in [-0.1, -0.05) is 30.3 Å². The van der Waals surface area contributed by atoms with Crippen LogP contribution in [0.15, 0.2) is 48.5 Å². The van der Waals surface area contributed by atoms with Gasteiger partial charge in [0.05, 0.1) is 12.1 Å². The number of hydrogen-bond acceptors (Lipinski definition) is 2. The number of carbonyl (C=O) groups is 2. The summed E-state index contributed by atoms with van der Waals surface area (Å²) in [5.74, 6) is 0.279. The molecule has 0 spiro atoms. The number of anilines is 1. The van der Waals surface area contributed by atoms with E-state index in [-0.39, 0.29) is 24.0 Å². The van der Waals surface area contributed by atoms with Crippen molar-refractivity contribution in [3.8, 4) is 0 Å². The molecule has 4 rings (SSSR count). The average molecular weight is 349 g/mol. The molecule has 26 heavy (non-hydrogen) atoms. The van der Waals surface area contributed by atoms with E-state index < -0.39 is 0 Å². The highest BCUT2D eigenvalue weighted by atomic mass is 16.2. The Morgan fingerprint density at radius 1 is 1.00 bits per heavy atom. The minimum atomic E-state index is -0.0833. The lowest BCUT2D eigenvalue weighted by molar-refractivity contribution is 0.102. The summed E-state index contributed by atoms with van der Waals surface area (Å²) < 4.78 is 0. The van der Waals surface area contributed by atoms with Gasteiger partial charge >= 0.3 is 6.03 Å². The van der Waals surface area contributed by atoms with Crippen LogP contribution in [0.2, 0.25) is 0 Å². The molecule has 5 heteroatoms. The third kappa shape index (κ3) is 3.17. The first kappa shape index (κ1) is 16.6. The SMILES string of the molecule is Cc1c(C(=O)Nc2ccccc2)cccc1C1CCC2NC(=O)NC2C1. The van der Waals surface area contributed by atoms with Gasteiger partial charge in [0, 0.05) is 11.3 Å². The average Bonchev–Trinajstić information content (AvgIpc) is 3.02. The van der Waals surface area contributed by atoms with Crippen molar-refractivity contribution in [2.45, 2.75) is 44.2 Å². The molecule has 1 aliphatic heterocycles. The van der Waals surface area contributed by atoms with Gasteiger partial charge in [-0.2, -0.15) is 0 Å². The molecule has 1 aliphatic carbocycles. The smallest absolute Gasteiger partial charge is 0.315 e. The number of urea groups is 1. The van der Waals surface area contributed by atoms with E-state index in [4.69, 9.17) is 0 Å². The lowest BCUT2D eigenvalue weighted by Crippen LogP contribution is -2.39. The number of rotatable bonds is 3. The van der Waals surface area contributed by atoms with Crippen LogP contribution in [-0.4, -0.2) is 24.0 Å². The van der Waals surface area contributed by atoms with Crippen molar-refractivity contribution < 1.29 is 9.59 Å². The molecule has 2 aromatic carbocycles. The van der Waals surface area contributed by atoms with E-state index in [1.165, 1.54) is 5.56 Å². The van der Waals surface area contributed by atoms with E-state index in [9.17, 15) is 9.59 Å². The molecule has 134 valence electrons. The number of benzene rings is 2. The predicted octanol–water partition coefficient (Wildman–Crippen LogP) is 3.56. The van der Waals surface area contributed by atoms with Gasteiger partial charge < -0.3 is 16.0 Å². The Bertz CT molecular complexity index is 834. The van der Waals surface area contributed by atoms with Crippen molar-refractivity contribution >= 4 is 17.6 Å². The number of fused-ring (bicyclic) bond motifs is 1. The topological polar surface area (TPSA) is 70.2 Å². The number of amides is 3. The van der Waals surface area contributed by atoms with Crippen molar-refractivity contribution in [2.24, 2.45) is 0 Å². The fourth-order valence-electron chi connectivity index (χ4n) is 4.23. The van der Waals surface area contributed by atoms with E-state index in [0.717, 1.165) is 30.5 Å². The van der Waals surface area contributed by atoms with E-state index in [2.05, 4.69) is 22.0 Å². The summed E-state index contributed by atoms with van der Waals surface area (Å²) >= 11 is 0. The molecule has 1 heterocycles. The zero-order valence-electron chi connectivity index (χ0n) is 14.8. The minimum absolute atomic E-state index is 0.0617. The molecule has 1 saturated carbocycles. The first-order valence-corrected chi connectivity index (χ1v) is 9.15. The van der Waals surface area contributed by atoms with E-state index in [1.807, 2.05) is 49.4 Å². The molecular weight excluding hydrogens is 326 g/mol. The van der Waals surface area contributed by atoms with Gasteiger partial charge in [-0.15, -0.1) is 0 Å². The second-order valence-electron chi connectivity index (χ2n) is 7.18. The summed E-state index contributed by atoms with van der Waals surface area (Å²) in [5, 5.41) is 8.97. The Morgan fingerprint density at radius 3 is 2.58 bits per heavy atom. The standard InChI is InChI=1S/C21H23N3O2/c1-13-16(14-10-11-18-19(12-14)24-21(26)23-18)8-5-9-17(13)20(25)22-15-6-3-2-4-7-15/h2-9,14,18-19H,10-12H2,1H3,(H,22,25)(H2,23,24,26). The number of carbonyl (C=O) groups excluding carboxylic acids is 2. The van der Waals surface area contributed by atoms with Crippen LogP contribution in [0.5, 0.6) is 0 Å². The van der Waals surface area contributed by atoms with Crippen LogP contribution in [0.4, 0.5) is 10.5 Å². The van der Waals surface area contributed by atoms with Crippen LogP contribution in [0.25, 0.3) is 0 Å². The summed E-state index contributed by atoms with van der Waals surface area (Å²) in [4.78, 5) is 24.3. The molecular formula is C21H23N3O2. The summed E-state index contributed by atoms with van der Waals surface area (Å²) in [6, 6.07) is 15.8. The zero-order chi connectivity index (χ0) is 18.1. The quantitative estimate of drug-likeness (QED) is 0.793. The van der Waals surface area contributed by atoms with Crippen molar-refractivity contribution in [3.05, 3.63) is 65.2 Å². The van der Waals surface area contributed by atoms with Crippen molar-refractivity contribution in [1.29, 1.82) is 0 Å². The molecule has 2 aliphatic rings. The predicted molar refractivity (Wildman–Crippen MR) is 101 cm³/mol. The number of hydrogen-bond donors (Lipinski definition) is 3. The van der Waals surface area contributed by atoms with Crippen LogP contribution < -0.4 is 16.0 Å². The third-order valence-corrected chi connectivity index (χ3v) is 5.58. The molecule has 5 nitrogen and oxygen atoms in total. The van der Waals surface area contributed by atoms with Gasteiger partial charge in [0.25, 0.3) is 5.91 Å². The van der Waals surface area contributed by atoms with E-state index in [1.54, 1.807) is 0 Å². The normalized spacial score (nSPS) is 24.3. The summed E-state index contributed by atoms with van der Waals surface area (Å²) in [6.45, 7) is 2.02. The molecule has 1 saturated heterocycles. The number of nitrogens with one attached hydrogen (secondary N) is 3. The Balaban J connectivity index is 1.54. The van der Waals surface area contributed by atoms with Crippen LogP contribution >= 0.6 is 0 Å². The van der Waals surface area contributed by atoms with Crippen LogP contribution in [-0.2, 0) is 0 Å². The van der Waals surface area contributed by atoms with Crippen LogP contribution in [0, 0.1) is 6.92 Å². The highest BCUT2D eigenvalue weighted by molar-refractivity contribution is 6.05. The van der Waals surface area contributed by atoms with Gasteiger partial charge in [0.15, 0.2) is 0 Å². The van der Waals surface area contributed by atoms with Crippen molar-refractivity contribution in [2.75, 3.05) is 5.32 Å². The van der Waals surface area contributed by atoms with E-state index >= 15 is 0 Å². The lowest BCUT2D eigenvalue weighted by atomic mass is 9.77. The second kappa shape index (κ2) is 6.83. The molecule has 0 bridgehead atoms. The molecule has 2 fully saturated rings. The zero-order valence-corrected chi connectivity index (χ0v) is 14.8. The van der Waals surface area contributed by atoms with Crippen LogP contribution in [0.1, 0.15) is 46.7 Å². The summed E-state index contributed by atoms with van der Waals surface area (Å²) in [7, 11) is 0. The molecule has 0 radical (unpaired) electrons. The lowest BCUT2D eigenvalue weighted by Gasteiger charge is -2.32. The van der Waals surface area contributed by atoms with Gasteiger partial charge in [-0.3, -0.25) is 4.79 Å². The maximum Gasteiger partial charge on any atom is 0.315 e. The first-order valence-electron chi connectivity index (χ1n) is 9.15. The van der Waals surface area contributed by atoms with Gasteiger partial charge in [0.2, 0.25) is 0 Å². The molecule has 3 unspecified atom stereocenters. The molecule has 3 atom stereocenters. The van der Waals surface area contributed by atoms with Crippen LogP contribution in [0.3, 0.4) is 0 Å². The Hall–Kier alpha value is -2.82. The molecule has 3 N–H and O–H groups in total. The van der Waals surface area contributed by atoms with Gasteiger partial charge in [0.1, 0.15) is 0 Å². The second-order valence-corrected chi connectivity index (χ2v) is 7.18. The van der Waals surface area contributed by atoms with Gasteiger partial charge in [-0.25, -0.2) is 4.79 Å². The fourth-order valence-corrected chi connectivity index (χ4v) is 4.23.